The lowest BCUT2D eigenvalue weighted by molar-refractivity contribution is 0.625. The number of rotatable bonds is 3. The molecule has 0 bridgehead atoms. The maximum atomic E-state index is 13.4. The molecule has 0 saturated carbocycles. The van der Waals surface area contributed by atoms with Crippen LogP contribution in [0.15, 0.2) is 42.5 Å². The Balaban J connectivity index is 2.16. The van der Waals surface area contributed by atoms with Crippen molar-refractivity contribution in [1.29, 1.82) is 0 Å². The molecular formula is C14H10BrCl2F. The van der Waals surface area contributed by atoms with E-state index in [0.717, 1.165) is 17.5 Å². The highest BCUT2D eigenvalue weighted by Crippen LogP contribution is 2.29. The van der Waals surface area contributed by atoms with E-state index in [0.29, 0.717) is 5.02 Å². The molecule has 0 aromatic heterocycles. The van der Waals surface area contributed by atoms with E-state index in [-0.39, 0.29) is 9.85 Å². The zero-order chi connectivity index (χ0) is 13.1. The first kappa shape index (κ1) is 13.9. The molecule has 1 atom stereocenters. The average Bonchev–Trinajstić information content (AvgIpc) is 2.32. The number of hydrogen-bond donors (Lipinski definition) is 0. The fraction of sp³-hybridized carbons (Fsp3) is 0.143. The molecule has 0 aliphatic carbocycles. The van der Waals surface area contributed by atoms with Crippen LogP contribution >= 0.6 is 39.1 Å². The van der Waals surface area contributed by atoms with E-state index in [1.54, 1.807) is 6.07 Å². The molecule has 2 rings (SSSR count). The van der Waals surface area contributed by atoms with Gasteiger partial charge in [-0.3, -0.25) is 0 Å². The van der Waals surface area contributed by atoms with E-state index in [9.17, 15) is 4.39 Å². The minimum atomic E-state index is -0.398. The van der Waals surface area contributed by atoms with Crippen LogP contribution < -0.4 is 0 Å². The maximum absolute atomic E-state index is 13.4. The van der Waals surface area contributed by atoms with Crippen LogP contribution in [-0.2, 0) is 6.42 Å². The molecule has 0 radical (unpaired) electrons. The lowest BCUT2D eigenvalue weighted by Crippen LogP contribution is -1.96. The molecule has 0 nitrogen and oxygen atoms in total. The molecule has 0 saturated heterocycles. The third-order valence-electron chi connectivity index (χ3n) is 2.61. The standard InChI is InChI=1S/C14H10BrCl2F/c15-12(7-9-2-1-3-11(16)6-9)10-4-5-13(17)14(18)8-10/h1-6,8,12H,7H2. The lowest BCUT2D eigenvalue weighted by Gasteiger charge is -2.11. The van der Waals surface area contributed by atoms with Crippen LogP contribution in [0.3, 0.4) is 0 Å². The molecule has 2 aromatic rings. The smallest absolute Gasteiger partial charge is 0.142 e. The zero-order valence-corrected chi connectivity index (χ0v) is 12.4. The van der Waals surface area contributed by atoms with E-state index in [4.69, 9.17) is 23.2 Å². The second-order valence-corrected chi connectivity index (χ2v) is 5.92. The van der Waals surface area contributed by atoms with Crippen molar-refractivity contribution >= 4 is 39.1 Å². The summed E-state index contributed by atoms with van der Waals surface area (Å²) < 4.78 is 13.4. The van der Waals surface area contributed by atoms with Gasteiger partial charge in [0.05, 0.1) is 5.02 Å². The molecule has 0 aliphatic rings. The van der Waals surface area contributed by atoms with Gasteiger partial charge in [-0.15, -0.1) is 0 Å². The second kappa shape index (κ2) is 6.05. The normalized spacial score (nSPS) is 12.4. The lowest BCUT2D eigenvalue weighted by atomic mass is 10.0. The first-order valence-corrected chi connectivity index (χ1v) is 7.07. The van der Waals surface area contributed by atoms with Crippen LogP contribution in [-0.4, -0.2) is 0 Å². The van der Waals surface area contributed by atoms with Gasteiger partial charge < -0.3 is 0 Å². The molecule has 0 fully saturated rings. The summed E-state index contributed by atoms with van der Waals surface area (Å²) in [6.07, 6.45) is 0.738. The Morgan fingerprint density at radius 2 is 1.89 bits per heavy atom. The van der Waals surface area contributed by atoms with Crippen LogP contribution in [0.4, 0.5) is 4.39 Å². The summed E-state index contributed by atoms with van der Waals surface area (Å²) >= 11 is 15.1. The van der Waals surface area contributed by atoms with Crippen molar-refractivity contribution in [3.8, 4) is 0 Å². The Morgan fingerprint density at radius 1 is 1.11 bits per heavy atom. The van der Waals surface area contributed by atoms with Crippen molar-refractivity contribution in [3.05, 3.63) is 69.5 Å². The number of benzene rings is 2. The maximum Gasteiger partial charge on any atom is 0.142 e. The highest BCUT2D eigenvalue weighted by Gasteiger charge is 2.11. The van der Waals surface area contributed by atoms with Gasteiger partial charge in [0, 0.05) is 9.85 Å². The summed E-state index contributed by atoms with van der Waals surface area (Å²) in [6.45, 7) is 0. The average molecular weight is 348 g/mol. The van der Waals surface area contributed by atoms with Crippen LogP contribution in [0.25, 0.3) is 0 Å². The second-order valence-electron chi connectivity index (χ2n) is 3.98. The van der Waals surface area contributed by atoms with Gasteiger partial charge >= 0.3 is 0 Å². The Morgan fingerprint density at radius 3 is 2.56 bits per heavy atom. The van der Waals surface area contributed by atoms with E-state index in [1.165, 1.54) is 6.07 Å². The number of hydrogen-bond acceptors (Lipinski definition) is 0. The van der Waals surface area contributed by atoms with Crippen molar-refractivity contribution in [3.63, 3.8) is 0 Å². The molecular weight excluding hydrogens is 338 g/mol. The van der Waals surface area contributed by atoms with Gasteiger partial charge in [0.1, 0.15) is 5.82 Å². The monoisotopic (exact) mass is 346 g/mol. The zero-order valence-electron chi connectivity index (χ0n) is 9.34. The van der Waals surface area contributed by atoms with Crippen molar-refractivity contribution < 1.29 is 4.39 Å². The fourth-order valence-electron chi connectivity index (χ4n) is 1.70. The summed E-state index contributed by atoms with van der Waals surface area (Å²) in [5.74, 6) is -0.398. The Kier molecular flexibility index (Phi) is 4.66. The van der Waals surface area contributed by atoms with Crippen molar-refractivity contribution in [2.75, 3.05) is 0 Å². The molecule has 0 heterocycles. The summed E-state index contributed by atoms with van der Waals surface area (Å²) in [5.41, 5.74) is 1.96. The predicted molar refractivity (Wildman–Crippen MR) is 78.2 cm³/mol. The first-order valence-electron chi connectivity index (χ1n) is 5.40. The molecule has 2 aromatic carbocycles. The molecule has 0 spiro atoms. The van der Waals surface area contributed by atoms with Crippen LogP contribution in [0.5, 0.6) is 0 Å². The molecule has 1 unspecified atom stereocenters. The van der Waals surface area contributed by atoms with Gasteiger partial charge in [0.15, 0.2) is 0 Å². The van der Waals surface area contributed by atoms with Crippen LogP contribution in [0.2, 0.25) is 10.0 Å². The summed E-state index contributed by atoms with van der Waals surface area (Å²) in [5, 5.41) is 0.843. The molecule has 4 heteroatoms. The Hall–Kier alpha value is -0.570. The van der Waals surface area contributed by atoms with E-state index in [2.05, 4.69) is 15.9 Å². The van der Waals surface area contributed by atoms with Crippen LogP contribution in [0, 0.1) is 5.82 Å². The Bertz CT molecular complexity index is 557. The third kappa shape index (κ3) is 3.47. The van der Waals surface area contributed by atoms with Crippen molar-refractivity contribution in [2.45, 2.75) is 11.2 Å². The molecule has 18 heavy (non-hydrogen) atoms. The minimum Gasteiger partial charge on any atom is -0.205 e. The third-order valence-corrected chi connectivity index (χ3v) is 4.00. The molecule has 0 amide bonds. The van der Waals surface area contributed by atoms with Gasteiger partial charge in [0.25, 0.3) is 0 Å². The van der Waals surface area contributed by atoms with Gasteiger partial charge in [-0.1, -0.05) is 57.3 Å². The number of alkyl halides is 1. The summed E-state index contributed by atoms with van der Waals surface area (Å²) in [6, 6.07) is 12.5. The highest BCUT2D eigenvalue weighted by atomic mass is 79.9. The molecule has 94 valence electrons. The summed E-state index contributed by atoms with van der Waals surface area (Å²) in [7, 11) is 0. The Labute approximate surface area is 124 Å². The number of halogens is 4. The molecule has 0 N–H and O–H groups in total. The minimum absolute atomic E-state index is 0.0303. The van der Waals surface area contributed by atoms with E-state index < -0.39 is 5.82 Å². The van der Waals surface area contributed by atoms with E-state index >= 15 is 0 Å². The van der Waals surface area contributed by atoms with Crippen LogP contribution in [0.1, 0.15) is 16.0 Å². The molecule has 0 aliphatic heterocycles. The van der Waals surface area contributed by atoms with Gasteiger partial charge in [0.2, 0.25) is 0 Å². The topological polar surface area (TPSA) is 0 Å². The van der Waals surface area contributed by atoms with Crippen molar-refractivity contribution in [1.82, 2.24) is 0 Å². The fourth-order valence-corrected chi connectivity index (χ4v) is 2.68. The van der Waals surface area contributed by atoms with Crippen molar-refractivity contribution in [2.24, 2.45) is 0 Å². The highest BCUT2D eigenvalue weighted by molar-refractivity contribution is 9.09. The quantitative estimate of drug-likeness (QED) is 0.614. The first-order chi connectivity index (χ1) is 8.56. The predicted octanol–water partition coefficient (Wildman–Crippen LogP) is 5.81. The van der Waals surface area contributed by atoms with Gasteiger partial charge in [-0.05, 0) is 41.8 Å². The van der Waals surface area contributed by atoms with E-state index in [1.807, 2.05) is 30.3 Å². The largest absolute Gasteiger partial charge is 0.205 e. The SMILES string of the molecule is Fc1cc(C(Br)Cc2cccc(Cl)c2)ccc1Cl. The summed E-state index contributed by atoms with van der Waals surface area (Å²) in [4.78, 5) is 0.0303. The van der Waals surface area contributed by atoms with Gasteiger partial charge in [-0.2, -0.15) is 0 Å². The van der Waals surface area contributed by atoms with Gasteiger partial charge in [-0.25, -0.2) is 4.39 Å².